The maximum atomic E-state index is 11.0. The number of hydrogen-bond donors (Lipinski definition) is 4. The molecule has 170 valence electrons. The molecule has 30 heavy (non-hydrogen) atoms. The zero-order valence-electron chi connectivity index (χ0n) is 17.6. The first-order valence-corrected chi connectivity index (χ1v) is 10.7. The van der Waals surface area contributed by atoms with Crippen LogP contribution in [0.5, 0.6) is 0 Å². The van der Waals surface area contributed by atoms with Gasteiger partial charge in [0, 0.05) is 18.7 Å². The van der Waals surface area contributed by atoms with Gasteiger partial charge in [-0.1, -0.05) is 56.5 Å². The lowest BCUT2D eigenvalue weighted by atomic mass is 10.0. The van der Waals surface area contributed by atoms with Crippen LogP contribution in [-0.2, 0) is 14.3 Å². The van der Waals surface area contributed by atoms with E-state index in [1.54, 1.807) is 0 Å². The molecule has 1 heterocycles. The number of rotatable bonds is 13. The van der Waals surface area contributed by atoms with Crippen LogP contribution in [0.15, 0.2) is 30.3 Å². The minimum Gasteiger partial charge on any atom is -0.481 e. The van der Waals surface area contributed by atoms with Gasteiger partial charge in [-0.15, -0.1) is 0 Å². The van der Waals surface area contributed by atoms with E-state index in [4.69, 9.17) is 14.6 Å². The molecule has 8 nitrogen and oxygen atoms in total. The SMILES string of the molecule is CCCCCCN(CCC(=O)O)CC(O)C(O)[C@@H]1O[C@H](c2ccccc2)OC[C@H]1O. The van der Waals surface area contributed by atoms with Crippen LogP contribution < -0.4 is 0 Å². The molecule has 1 aromatic carbocycles. The number of carboxylic acid groups (broad SMARTS) is 1. The highest BCUT2D eigenvalue weighted by Crippen LogP contribution is 2.28. The summed E-state index contributed by atoms with van der Waals surface area (Å²) in [7, 11) is 0. The summed E-state index contributed by atoms with van der Waals surface area (Å²) in [4.78, 5) is 12.8. The second kappa shape index (κ2) is 13.0. The van der Waals surface area contributed by atoms with Crippen LogP contribution in [0.3, 0.4) is 0 Å². The summed E-state index contributed by atoms with van der Waals surface area (Å²) >= 11 is 0. The summed E-state index contributed by atoms with van der Waals surface area (Å²) in [5.74, 6) is -0.905. The molecule has 0 aromatic heterocycles. The summed E-state index contributed by atoms with van der Waals surface area (Å²) in [5.41, 5.74) is 0.759. The van der Waals surface area contributed by atoms with Crippen LogP contribution in [0, 0.1) is 0 Å². The smallest absolute Gasteiger partial charge is 0.304 e. The molecule has 0 saturated carbocycles. The van der Waals surface area contributed by atoms with Gasteiger partial charge in [-0.05, 0) is 13.0 Å². The number of aliphatic hydroxyl groups excluding tert-OH is 3. The molecule has 8 heteroatoms. The van der Waals surface area contributed by atoms with E-state index in [9.17, 15) is 20.1 Å². The second-order valence-corrected chi connectivity index (χ2v) is 7.81. The lowest BCUT2D eigenvalue weighted by molar-refractivity contribution is -0.283. The minimum atomic E-state index is -1.34. The number of aliphatic carboxylic acids is 1. The molecule has 0 spiro atoms. The molecule has 1 fully saturated rings. The van der Waals surface area contributed by atoms with Crippen molar-refractivity contribution >= 4 is 5.97 Å². The van der Waals surface area contributed by atoms with E-state index in [-0.39, 0.29) is 26.1 Å². The lowest BCUT2D eigenvalue weighted by Crippen LogP contribution is -2.54. The van der Waals surface area contributed by atoms with Crippen molar-refractivity contribution in [2.45, 2.75) is 69.7 Å². The summed E-state index contributed by atoms with van der Waals surface area (Å²) < 4.78 is 11.3. The largest absolute Gasteiger partial charge is 0.481 e. The zero-order chi connectivity index (χ0) is 21.9. The fraction of sp³-hybridized carbons (Fsp3) is 0.682. The number of carboxylic acids is 1. The van der Waals surface area contributed by atoms with Crippen molar-refractivity contribution in [2.75, 3.05) is 26.2 Å². The van der Waals surface area contributed by atoms with E-state index < -0.39 is 36.7 Å². The van der Waals surface area contributed by atoms with Gasteiger partial charge in [-0.25, -0.2) is 0 Å². The average Bonchev–Trinajstić information content (AvgIpc) is 2.75. The summed E-state index contributed by atoms with van der Waals surface area (Å²) in [5, 5.41) is 40.5. The van der Waals surface area contributed by atoms with Crippen molar-refractivity contribution < 1.29 is 34.7 Å². The van der Waals surface area contributed by atoms with Crippen molar-refractivity contribution in [3.8, 4) is 0 Å². The molecular weight excluding hydrogens is 390 g/mol. The third kappa shape index (κ3) is 7.94. The fourth-order valence-corrected chi connectivity index (χ4v) is 3.55. The van der Waals surface area contributed by atoms with Crippen LogP contribution >= 0.6 is 0 Å². The first kappa shape index (κ1) is 24.7. The maximum Gasteiger partial charge on any atom is 0.304 e. The van der Waals surface area contributed by atoms with Gasteiger partial charge in [-0.2, -0.15) is 0 Å². The van der Waals surface area contributed by atoms with Gasteiger partial charge < -0.3 is 34.8 Å². The van der Waals surface area contributed by atoms with E-state index in [1.165, 1.54) is 0 Å². The zero-order valence-corrected chi connectivity index (χ0v) is 17.6. The number of hydrogen-bond acceptors (Lipinski definition) is 7. The maximum absolute atomic E-state index is 11.0. The van der Waals surface area contributed by atoms with Crippen molar-refractivity contribution in [1.82, 2.24) is 4.90 Å². The molecule has 0 bridgehead atoms. The number of nitrogens with zero attached hydrogens (tertiary/aromatic N) is 1. The van der Waals surface area contributed by atoms with E-state index in [0.29, 0.717) is 6.54 Å². The van der Waals surface area contributed by atoms with Crippen molar-refractivity contribution in [1.29, 1.82) is 0 Å². The molecule has 1 aliphatic heterocycles. The van der Waals surface area contributed by atoms with Gasteiger partial charge in [0.05, 0.1) is 19.1 Å². The van der Waals surface area contributed by atoms with E-state index in [1.807, 2.05) is 35.2 Å². The Kier molecular flexibility index (Phi) is 10.7. The standard InChI is InChI=1S/C22H35NO7/c1-2-3-4-8-12-23(13-11-19(26)27)14-17(24)20(28)21-18(25)15-29-22(30-21)16-9-6-5-7-10-16/h5-7,9-10,17-18,20-22,24-25,28H,2-4,8,11-15H2,1H3,(H,26,27)/t17?,18-,20?,21-,22-/m1/s1. The van der Waals surface area contributed by atoms with Gasteiger partial charge in [0.2, 0.25) is 0 Å². The lowest BCUT2D eigenvalue weighted by Gasteiger charge is -2.38. The van der Waals surface area contributed by atoms with Gasteiger partial charge in [0.25, 0.3) is 0 Å². The summed E-state index contributed by atoms with van der Waals surface area (Å²) in [6, 6.07) is 9.19. The Hall–Kier alpha value is -1.55. The van der Waals surface area contributed by atoms with Crippen LogP contribution in [0.1, 0.15) is 50.9 Å². The molecule has 2 unspecified atom stereocenters. The highest BCUT2D eigenvalue weighted by molar-refractivity contribution is 5.66. The van der Waals surface area contributed by atoms with Gasteiger partial charge in [0.15, 0.2) is 6.29 Å². The molecule has 1 aromatic rings. The first-order chi connectivity index (χ1) is 14.4. The Morgan fingerprint density at radius 2 is 1.90 bits per heavy atom. The Morgan fingerprint density at radius 3 is 2.57 bits per heavy atom. The molecule has 2 rings (SSSR count). The number of carbonyl (C=O) groups is 1. The first-order valence-electron chi connectivity index (χ1n) is 10.7. The van der Waals surface area contributed by atoms with E-state index in [2.05, 4.69) is 6.92 Å². The topological polar surface area (TPSA) is 120 Å². The Balaban J connectivity index is 1.95. The monoisotopic (exact) mass is 425 g/mol. The molecule has 0 aliphatic carbocycles. The van der Waals surface area contributed by atoms with Crippen LogP contribution in [-0.4, -0.2) is 82.0 Å². The Bertz CT molecular complexity index is 615. The van der Waals surface area contributed by atoms with Crippen LogP contribution in [0.4, 0.5) is 0 Å². The fourth-order valence-electron chi connectivity index (χ4n) is 3.55. The molecule has 1 saturated heterocycles. The highest BCUT2D eigenvalue weighted by Gasteiger charge is 2.39. The van der Waals surface area contributed by atoms with E-state index in [0.717, 1.165) is 31.2 Å². The van der Waals surface area contributed by atoms with E-state index >= 15 is 0 Å². The predicted molar refractivity (Wildman–Crippen MR) is 111 cm³/mol. The van der Waals surface area contributed by atoms with Crippen molar-refractivity contribution in [2.24, 2.45) is 0 Å². The molecule has 0 amide bonds. The molecule has 0 radical (unpaired) electrons. The van der Waals surface area contributed by atoms with Crippen LogP contribution in [0.2, 0.25) is 0 Å². The Morgan fingerprint density at radius 1 is 1.17 bits per heavy atom. The summed E-state index contributed by atoms with van der Waals surface area (Å²) in [6.45, 7) is 3.12. The number of ether oxygens (including phenoxy) is 2. The third-order valence-corrected chi connectivity index (χ3v) is 5.30. The molecule has 5 atom stereocenters. The van der Waals surface area contributed by atoms with Gasteiger partial charge in [-0.3, -0.25) is 4.79 Å². The van der Waals surface area contributed by atoms with Gasteiger partial charge in [0.1, 0.15) is 18.3 Å². The third-order valence-electron chi connectivity index (χ3n) is 5.30. The summed E-state index contributed by atoms with van der Waals surface area (Å²) in [6.07, 6.45) is -1.29. The van der Waals surface area contributed by atoms with Crippen molar-refractivity contribution in [3.05, 3.63) is 35.9 Å². The number of unbranched alkanes of at least 4 members (excludes halogenated alkanes) is 3. The molecular formula is C22H35NO7. The van der Waals surface area contributed by atoms with Gasteiger partial charge >= 0.3 is 5.97 Å². The van der Waals surface area contributed by atoms with Crippen molar-refractivity contribution in [3.63, 3.8) is 0 Å². The average molecular weight is 426 g/mol. The molecule has 4 N–H and O–H groups in total. The number of aliphatic hydroxyl groups is 3. The minimum absolute atomic E-state index is 0.0201. The predicted octanol–water partition coefficient (Wildman–Crippen LogP) is 1.54. The number of benzene rings is 1. The molecule has 1 aliphatic rings. The quantitative estimate of drug-likeness (QED) is 0.351. The second-order valence-electron chi connectivity index (χ2n) is 7.81. The Labute approximate surface area is 178 Å². The highest BCUT2D eigenvalue weighted by atomic mass is 16.7. The van der Waals surface area contributed by atoms with Crippen LogP contribution in [0.25, 0.3) is 0 Å². The normalized spacial score (nSPS) is 24.0.